The number of nitrogens with one attached hydrogen (secondary N) is 2. The molecule has 6 heteroatoms. The lowest BCUT2D eigenvalue weighted by molar-refractivity contribution is 0.262. The maximum Gasteiger partial charge on any atom is 0.323 e. The highest BCUT2D eigenvalue weighted by Crippen LogP contribution is 2.31. The molecule has 0 aromatic heterocycles. The van der Waals surface area contributed by atoms with Gasteiger partial charge in [0.15, 0.2) is 0 Å². The zero-order chi connectivity index (χ0) is 13.8. The van der Waals surface area contributed by atoms with Gasteiger partial charge in [0.2, 0.25) is 0 Å². The number of anilines is 2. The van der Waals surface area contributed by atoms with Crippen molar-refractivity contribution in [3.63, 3.8) is 0 Å². The van der Waals surface area contributed by atoms with Crippen LogP contribution in [0.15, 0.2) is 46.9 Å². The van der Waals surface area contributed by atoms with Crippen LogP contribution >= 0.6 is 27.5 Å². The van der Waals surface area contributed by atoms with E-state index in [1.807, 2.05) is 6.07 Å². The predicted molar refractivity (Wildman–Crippen MR) is 78.2 cm³/mol. The molecule has 2 aromatic carbocycles. The number of hydrogen-bond acceptors (Lipinski definition) is 1. The molecule has 19 heavy (non-hydrogen) atoms. The number of para-hydroxylation sites is 1. The monoisotopic (exact) mass is 342 g/mol. The van der Waals surface area contributed by atoms with Gasteiger partial charge in [0.25, 0.3) is 0 Å². The average molecular weight is 344 g/mol. The van der Waals surface area contributed by atoms with Gasteiger partial charge in [-0.05, 0) is 40.2 Å². The number of carbonyl (C=O) groups is 1. The number of halogens is 3. The molecule has 0 saturated carbocycles. The number of amides is 2. The summed E-state index contributed by atoms with van der Waals surface area (Å²) < 4.78 is 13.4. The zero-order valence-electron chi connectivity index (χ0n) is 9.58. The molecule has 0 bridgehead atoms. The number of urea groups is 1. The van der Waals surface area contributed by atoms with Crippen molar-refractivity contribution in [2.75, 3.05) is 10.6 Å². The molecule has 0 heterocycles. The van der Waals surface area contributed by atoms with Gasteiger partial charge < -0.3 is 10.6 Å². The first kappa shape index (κ1) is 13.8. The van der Waals surface area contributed by atoms with Crippen LogP contribution in [0.25, 0.3) is 0 Å². The Morgan fingerprint density at radius 1 is 1.16 bits per heavy atom. The smallest absolute Gasteiger partial charge is 0.308 e. The summed E-state index contributed by atoms with van der Waals surface area (Å²) in [5, 5.41) is 5.32. The molecule has 2 amide bonds. The first-order valence-corrected chi connectivity index (χ1v) is 6.51. The van der Waals surface area contributed by atoms with E-state index < -0.39 is 11.8 Å². The van der Waals surface area contributed by atoms with E-state index in [4.69, 9.17) is 11.6 Å². The van der Waals surface area contributed by atoms with Crippen molar-refractivity contribution in [3.8, 4) is 0 Å². The molecule has 0 saturated heterocycles. The topological polar surface area (TPSA) is 41.1 Å². The van der Waals surface area contributed by atoms with Crippen LogP contribution in [0.4, 0.5) is 20.6 Å². The number of rotatable bonds is 2. The highest BCUT2D eigenvalue weighted by atomic mass is 79.9. The second-order valence-corrected chi connectivity index (χ2v) is 4.95. The van der Waals surface area contributed by atoms with Gasteiger partial charge >= 0.3 is 6.03 Å². The second kappa shape index (κ2) is 6.04. The average Bonchev–Trinajstić information content (AvgIpc) is 2.35. The minimum Gasteiger partial charge on any atom is -0.308 e. The Morgan fingerprint density at radius 3 is 2.47 bits per heavy atom. The first-order chi connectivity index (χ1) is 9.06. The van der Waals surface area contributed by atoms with Crippen LogP contribution in [0.5, 0.6) is 0 Å². The third-order valence-corrected chi connectivity index (χ3v) is 3.20. The lowest BCUT2D eigenvalue weighted by Gasteiger charge is -2.10. The van der Waals surface area contributed by atoms with E-state index >= 15 is 0 Å². The molecule has 2 rings (SSSR count). The van der Waals surface area contributed by atoms with Gasteiger partial charge in [-0.2, -0.15) is 0 Å². The summed E-state index contributed by atoms with van der Waals surface area (Å²) in [7, 11) is 0. The van der Waals surface area contributed by atoms with E-state index in [-0.39, 0.29) is 5.02 Å². The lowest BCUT2D eigenvalue weighted by atomic mass is 10.3. The van der Waals surface area contributed by atoms with Crippen LogP contribution < -0.4 is 10.6 Å². The van der Waals surface area contributed by atoms with Gasteiger partial charge in [-0.15, -0.1) is 0 Å². The summed E-state index contributed by atoms with van der Waals surface area (Å²) >= 11 is 9.01. The molecule has 0 fully saturated rings. The molecular weight excluding hydrogens is 335 g/mol. The number of benzene rings is 2. The molecule has 0 unspecified atom stereocenters. The van der Waals surface area contributed by atoms with Crippen LogP contribution in [-0.2, 0) is 0 Å². The minimum absolute atomic E-state index is 0.120. The molecule has 0 aliphatic carbocycles. The van der Waals surface area contributed by atoms with Gasteiger partial charge in [-0.1, -0.05) is 29.8 Å². The predicted octanol–water partition coefficient (Wildman–Crippen LogP) is 4.89. The molecule has 0 spiro atoms. The fraction of sp³-hybridized carbons (Fsp3) is 0. The summed E-state index contributed by atoms with van der Waals surface area (Å²) in [6.07, 6.45) is 0. The molecule has 2 aromatic rings. The molecule has 0 atom stereocenters. The van der Waals surface area contributed by atoms with E-state index in [1.165, 1.54) is 6.07 Å². The second-order valence-electron chi connectivity index (χ2n) is 3.69. The van der Waals surface area contributed by atoms with Crippen molar-refractivity contribution in [2.24, 2.45) is 0 Å². The van der Waals surface area contributed by atoms with Gasteiger partial charge in [-0.3, -0.25) is 0 Å². The highest BCUT2D eigenvalue weighted by molar-refractivity contribution is 9.10. The van der Waals surface area contributed by atoms with Gasteiger partial charge in [-0.25, -0.2) is 9.18 Å². The Hall–Kier alpha value is -1.59. The van der Waals surface area contributed by atoms with Crippen molar-refractivity contribution < 1.29 is 9.18 Å². The van der Waals surface area contributed by atoms with E-state index in [0.717, 1.165) is 6.07 Å². The van der Waals surface area contributed by atoms with Gasteiger partial charge in [0.1, 0.15) is 5.82 Å². The standard InChI is InChI=1S/C13H9BrClFN2O/c14-10-6-8(16)7-11(15)12(10)18-13(19)17-9-4-2-1-3-5-9/h1-7H,(H2,17,18,19). The third kappa shape index (κ3) is 3.68. The summed E-state index contributed by atoms with van der Waals surface area (Å²) in [6, 6.07) is 10.8. The fourth-order valence-corrected chi connectivity index (χ4v) is 2.36. The molecular formula is C13H9BrClFN2O. The Labute approximate surface area is 122 Å². The fourth-order valence-electron chi connectivity index (χ4n) is 1.46. The van der Waals surface area contributed by atoms with E-state index in [0.29, 0.717) is 15.8 Å². The van der Waals surface area contributed by atoms with Crippen molar-refractivity contribution in [3.05, 3.63) is 57.8 Å². The largest absolute Gasteiger partial charge is 0.323 e. The van der Waals surface area contributed by atoms with Crippen LogP contribution in [0, 0.1) is 5.82 Å². The maximum atomic E-state index is 13.0. The molecule has 0 aliphatic heterocycles. The van der Waals surface area contributed by atoms with E-state index in [1.54, 1.807) is 24.3 Å². The summed E-state index contributed by atoms with van der Waals surface area (Å²) in [5.41, 5.74) is 0.964. The first-order valence-electron chi connectivity index (χ1n) is 5.34. The zero-order valence-corrected chi connectivity index (χ0v) is 11.9. The van der Waals surface area contributed by atoms with Crippen molar-refractivity contribution >= 4 is 44.9 Å². The highest BCUT2D eigenvalue weighted by Gasteiger charge is 2.11. The quantitative estimate of drug-likeness (QED) is 0.801. The van der Waals surface area contributed by atoms with E-state index in [9.17, 15) is 9.18 Å². The maximum absolute atomic E-state index is 13.0. The molecule has 3 nitrogen and oxygen atoms in total. The SMILES string of the molecule is O=C(Nc1ccccc1)Nc1c(Cl)cc(F)cc1Br. The third-order valence-electron chi connectivity index (χ3n) is 2.28. The number of carbonyl (C=O) groups excluding carboxylic acids is 1. The Kier molecular flexibility index (Phi) is 4.39. The molecule has 0 aliphatic rings. The lowest BCUT2D eigenvalue weighted by Crippen LogP contribution is -2.19. The number of hydrogen-bond donors (Lipinski definition) is 2. The Balaban J connectivity index is 2.12. The Bertz CT molecular complexity index is 584. The van der Waals surface area contributed by atoms with Crippen LogP contribution in [-0.4, -0.2) is 6.03 Å². The normalized spacial score (nSPS) is 10.1. The molecule has 0 radical (unpaired) electrons. The van der Waals surface area contributed by atoms with Crippen LogP contribution in [0.2, 0.25) is 5.02 Å². The van der Waals surface area contributed by atoms with Gasteiger partial charge in [0, 0.05) is 10.2 Å². The van der Waals surface area contributed by atoms with Crippen molar-refractivity contribution in [1.82, 2.24) is 0 Å². The molecule has 98 valence electrons. The summed E-state index contributed by atoms with van der Waals surface area (Å²) in [6.45, 7) is 0. The van der Waals surface area contributed by atoms with E-state index in [2.05, 4.69) is 26.6 Å². The summed E-state index contributed by atoms with van der Waals surface area (Å²) in [5.74, 6) is -0.481. The van der Waals surface area contributed by atoms with Crippen LogP contribution in [0.1, 0.15) is 0 Å². The minimum atomic E-state index is -0.481. The Morgan fingerprint density at radius 2 is 1.84 bits per heavy atom. The molecule has 2 N–H and O–H groups in total. The van der Waals surface area contributed by atoms with Crippen LogP contribution in [0.3, 0.4) is 0 Å². The van der Waals surface area contributed by atoms with Crippen molar-refractivity contribution in [1.29, 1.82) is 0 Å². The summed E-state index contributed by atoms with van der Waals surface area (Å²) in [4.78, 5) is 11.8. The van der Waals surface area contributed by atoms with Crippen molar-refractivity contribution in [2.45, 2.75) is 0 Å². The van der Waals surface area contributed by atoms with Gasteiger partial charge in [0.05, 0.1) is 10.7 Å².